The van der Waals surface area contributed by atoms with E-state index < -0.39 is 0 Å². The van der Waals surface area contributed by atoms with E-state index in [4.69, 9.17) is 0 Å². The fraction of sp³-hybridized carbons (Fsp3) is 0.316. The molecule has 3 heteroatoms. The van der Waals surface area contributed by atoms with E-state index in [1.165, 1.54) is 21.6 Å². The molecule has 1 aliphatic heterocycles. The van der Waals surface area contributed by atoms with Gasteiger partial charge in [-0.2, -0.15) is 0 Å². The third-order valence-corrected chi connectivity index (χ3v) is 4.60. The zero-order valence-corrected chi connectivity index (χ0v) is 13.3. The Labute approximate surface area is 132 Å². The third-order valence-electron chi connectivity index (χ3n) is 4.60. The van der Waals surface area contributed by atoms with Crippen LogP contribution in [0.25, 0.3) is 0 Å². The maximum atomic E-state index is 12.3. The summed E-state index contributed by atoms with van der Waals surface area (Å²) >= 11 is 0. The van der Waals surface area contributed by atoms with Gasteiger partial charge in [0.1, 0.15) is 6.54 Å². The van der Waals surface area contributed by atoms with Crippen LogP contribution in [0.4, 0.5) is 5.69 Å². The van der Waals surface area contributed by atoms with Gasteiger partial charge >= 0.3 is 0 Å². The Bertz CT molecular complexity index is 694. The third kappa shape index (κ3) is 3.20. The molecule has 22 heavy (non-hydrogen) atoms. The maximum Gasteiger partial charge on any atom is 0.279 e. The molecule has 2 N–H and O–H groups in total. The van der Waals surface area contributed by atoms with Gasteiger partial charge in [-0.05, 0) is 36.6 Å². The fourth-order valence-corrected chi connectivity index (χ4v) is 3.10. The Morgan fingerprint density at radius 1 is 1.09 bits per heavy atom. The molecule has 0 fully saturated rings. The van der Waals surface area contributed by atoms with Crippen molar-refractivity contribution in [1.29, 1.82) is 0 Å². The molecule has 3 rings (SSSR count). The van der Waals surface area contributed by atoms with Crippen molar-refractivity contribution >= 4 is 11.6 Å². The molecule has 1 aliphatic rings. The number of fused-ring (bicyclic) bond motifs is 1. The van der Waals surface area contributed by atoms with Crippen LogP contribution < -0.4 is 10.2 Å². The molecule has 1 atom stereocenters. The zero-order chi connectivity index (χ0) is 15.5. The maximum absolute atomic E-state index is 12.3. The smallest absolute Gasteiger partial charge is 0.279 e. The Morgan fingerprint density at radius 3 is 2.68 bits per heavy atom. The molecule has 1 heterocycles. The van der Waals surface area contributed by atoms with E-state index in [2.05, 4.69) is 49.5 Å². The number of nitrogens with one attached hydrogen (secondary N) is 2. The van der Waals surface area contributed by atoms with Gasteiger partial charge in [-0.15, -0.1) is 0 Å². The van der Waals surface area contributed by atoms with E-state index >= 15 is 0 Å². The molecule has 114 valence electrons. The summed E-state index contributed by atoms with van der Waals surface area (Å²) in [6, 6.07) is 14.6. The number of aryl methyl sites for hydroxylation is 1. The highest BCUT2D eigenvalue weighted by molar-refractivity contribution is 5.92. The molecule has 1 unspecified atom stereocenters. The SMILES string of the molecule is Cc1cccc(NC(=O)C[NH+]2CCc3ccccc3C2)c1C. The Hall–Kier alpha value is -2.13. The predicted molar refractivity (Wildman–Crippen MR) is 89.1 cm³/mol. The molecule has 0 saturated carbocycles. The molecule has 0 aliphatic carbocycles. The van der Waals surface area contributed by atoms with Crippen molar-refractivity contribution in [2.45, 2.75) is 26.8 Å². The Kier molecular flexibility index (Phi) is 4.25. The second-order valence-electron chi connectivity index (χ2n) is 6.17. The van der Waals surface area contributed by atoms with Crippen molar-refractivity contribution in [3.8, 4) is 0 Å². The summed E-state index contributed by atoms with van der Waals surface area (Å²) < 4.78 is 0. The lowest BCUT2D eigenvalue weighted by Gasteiger charge is -2.25. The van der Waals surface area contributed by atoms with Crippen molar-refractivity contribution < 1.29 is 9.69 Å². The number of benzene rings is 2. The molecule has 3 nitrogen and oxygen atoms in total. The molecule has 2 aromatic rings. The van der Waals surface area contributed by atoms with Crippen LogP contribution >= 0.6 is 0 Å². The zero-order valence-electron chi connectivity index (χ0n) is 13.3. The fourth-order valence-electron chi connectivity index (χ4n) is 3.10. The van der Waals surface area contributed by atoms with Gasteiger partial charge in [-0.1, -0.05) is 36.4 Å². The second-order valence-corrected chi connectivity index (χ2v) is 6.17. The number of anilines is 1. The summed E-state index contributed by atoms with van der Waals surface area (Å²) in [5.41, 5.74) is 6.10. The summed E-state index contributed by atoms with van der Waals surface area (Å²) in [6.07, 6.45) is 1.06. The monoisotopic (exact) mass is 295 g/mol. The highest BCUT2D eigenvalue weighted by atomic mass is 16.2. The van der Waals surface area contributed by atoms with Gasteiger partial charge < -0.3 is 10.2 Å². The first-order chi connectivity index (χ1) is 10.6. The minimum atomic E-state index is 0.100. The standard InChI is InChI=1S/C19H22N2O/c1-14-6-5-9-18(15(14)2)20-19(22)13-21-11-10-16-7-3-4-8-17(16)12-21/h3-9H,10-13H2,1-2H3,(H,20,22)/p+1. The summed E-state index contributed by atoms with van der Waals surface area (Å²) in [6.45, 7) is 6.61. The average Bonchev–Trinajstić information content (AvgIpc) is 2.52. The predicted octanol–water partition coefficient (Wildman–Crippen LogP) is 1.88. The Morgan fingerprint density at radius 2 is 1.86 bits per heavy atom. The highest BCUT2D eigenvalue weighted by Crippen LogP contribution is 2.17. The first kappa shape index (κ1) is 14.8. The van der Waals surface area contributed by atoms with Crippen LogP contribution in [0.1, 0.15) is 22.3 Å². The first-order valence-corrected chi connectivity index (χ1v) is 7.90. The highest BCUT2D eigenvalue weighted by Gasteiger charge is 2.21. The minimum absolute atomic E-state index is 0.100. The summed E-state index contributed by atoms with van der Waals surface area (Å²) in [4.78, 5) is 13.7. The van der Waals surface area contributed by atoms with E-state index in [0.29, 0.717) is 6.54 Å². The van der Waals surface area contributed by atoms with Crippen LogP contribution in [0.3, 0.4) is 0 Å². The largest absolute Gasteiger partial charge is 0.323 e. The van der Waals surface area contributed by atoms with Gasteiger partial charge in [0, 0.05) is 17.7 Å². The lowest BCUT2D eigenvalue weighted by molar-refractivity contribution is -0.907. The van der Waals surface area contributed by atoms with Crippen LogP contribution in [0.5, 0.6) is 0 Å². The van der Waals surface area contributed by atoms with Crippen LogP contribution in [-0.4, -0.2) is 19.0 Å². The van der Waals surface area contributed by atoms with Gasteiger partial charge in [-0.25, -0.2) is 0 Å². The van der Waals surface area contributed by atoms with Crippen molar-refractivity contribution in [3.05, 3.63) is 64.7 Å². The lowest BCUT2D eigenvalue weighted by atomic mass is 10.00. The molecular weight excluding hydrogens is 272 g/mol. The van der Waals surface area contributed by atoms with Gasteiger partial charge in [0.15, 0.2) is 6.54 Å². The molecule has 0 saturated heterocycles. The first-order valence-electron chi connectivity index (χ1n) is 7.90. The number of carbonyl (C=O) groups excluding carboxylic acids is 1. The van der Waals surface area contributed by atoms with Crippen molar-refractivity contribution in [2.75, 3.05) is 18.4 Å². The molecular formula is C19H23N2O+. The van der Waals surface area contributed by atoms with Crippen molar-refractivity contribution in [1.82, 2.24) is 0 Å². The average molecular weight is 295 g/mol. The van der Waals surface area contributed by atoms with E-state index in [-0.39, 0.29) is 5.91 Å². The number of amides is 1. The van der Waals surface area contributed by atoms with Gasteiger partial charge in [0.05, 0.1) is 6.54 Å². The van der Waals surface area contributed by atoms with Gasteiger partial charge in [0.2, 0.25) is 0 Å². The molecule has 0 aromatic heterocycles. The lowest BCUT2D eigenvalue weighted by Crippen LogP contribution is -3.12. The number of carbonyl (C=O) groups is 1. The number of quaternary nitrogens is 1. The van der Waals surface area contributed by atoms with Crippen LogP contribution in [0.15, 0.2) is 42.5 Å². The number of hydrogen-bond donors (Lipinski definition) is 2. The van der Waals surface area contributed by atoms with Gasteiger partial charge in [-0.3, -0.25) is 4.79 Å². The Balaban J connectivity index is 1.62. The van der Waals surface area contributed by atoms with E-state index in [1.54, 1.807) is 0 Å². The van der Waals surface area contributed by atoms with Gasteiger partial charge in [0.25, 0.3) is 5.91 Å². The van der Waals surface area contributed by atoms with Crippen molar-refractivity contribution in [2.24, 2.45) is 0 Å². The second kappa shape index (κ2) is 6.32. The normalized spacial score (nSPS) is 16.9. The summed E-state index contributed by atoms with van der Waals surface area (Å²) in [5.74, 6) is 0.100. The minimum Gasteiger partial charge on any atom is -0.323 e. The summed E-state index contributed by atoms with van der Waals surface area (Å²) in [5, 5.41) is 3.06. The van der Waals surface area contributed by atoms with Crippen LogP contribution in [0, 0.1) is 13.8 Å². The van der Waals surface area contributed by atoms with E-state index in [1.807, 2.05) is 12.1 Å². The molecule has 0 spiro atoms. The molecule has 0 radical (unpaired) electrons. The summed E-state index contributed by atoms with van der Waals surface area (Å²) in [7, 11) is 0. The van der Waals surface area contributed by atoms with Crippen molar-refractivity contribution in [3.63, 3.8) is 0 Å². The quantitative estimate of drug-likeness (QED) is 0.891. The number of hydrogen-bond acceptors (Lipinski definition) is 1. The van der Waals surface area contributed by atoms with Crippen LogP contribution in [0.2, 0.25) is 0 Å². The molecule has 0 bridgehead atoms. The molecule has 2 aromatic carbocycles. The van der Waals surface area contributed by atoms with E-state index in [9.17, 15) is 4.79 Å². The topological polar surface area (TPSA) is 33.5 Å². The van der Waals surface area contributed by atoms with Crippen LogP contribution in [-0.2, 0) is 17.8 Å². The number of rotatable bonds is 3. The van der Waals surface area contributed by atoms with E-state index in [0.717, 1.165) is 30.8 Å². The molecule has 1 amide bonds.